The molecule has 0 saturated carbocycles. The number of carbonyl (C=O) groups is 2. The van der Waals surface area contributed by atoms with E-state index in [4.69, 9.17) is 0 Å². The third kappa shape index (κ3) is 4.73. The number of fused-ring (bicyclic) bond motifs is 1. The van der Waals surface area contributed by atoms with Gasteiger partial charge in [0, 0.05) is 17.5 Å². The molecule has 178 valence electrons. The lowest BCUT2D eigenvalue weighted by molar-refractivity contribution is 0.0931. The average Bonchev–Trinajstić information content (AvgIpc) is 3.62. The molecule has 0 saturated heterocycles. The second kappa shape index (κ2) is 9.58. The highest BCUT2D eigenvalue weighted by Gasteiger charge is 2.26. The summed E-state index contributed by atoms with van der Waals surface area (Å²) in [5.74, 6) is -0.756. The summed E-state index contributed by atoms with van der Waals surface area (Å²) in [5.41, 5.74) is 3.45. The summed E-state index contributed by atoms with van der Waals surface area (Å²) in [4.78, 5) is 46.6. The Bertz CT molecular complexity index is 1460. The molecule has 1 aliphatic carbocycles. The summed E-state index contributed by atoms with van der Waals surface area (Å²) in [7, 11) is 0. The van der Waals surface area contributed by atoms with Crippen LogP contribution in [-0.2, 0) is 19.4 Å². The molecule has 0 fully saturated rings. The van der Waals surface area contributed by atoms with E-state index in [2.05, 4.69) is 49.1 Å². The van der Waals surface area contributed by atoms with E-state index in [0.717, 1.165) is 29.5 Å². The predicted molar refractivity (Wildman–Crippen MR) is 127 cm³/mol. The number of thiophene rings is 1. The molecular formula is C23H22N8O3S. The minimum atomic E-state index is -0.419. The first-order valence-electron chi connectivity index (χ1n) is 11.1. The topological polar surface area (TPSA) is 148 Å². The number of hydrogen-bond donors (Lipinski definition) is 3. The molecular weight excluding hydrogens is 468 g/mol. The van der Waals surface area contributed by atoms with Crippen molar-refractivity contribution in [1.82, 2.24) is 40.8 Å². The van der Waals surface area contributed by atoms with E-state index >= 15 is 0 Å². The second-order valence-corrected chi connectivity index (χ2v) is 9.11. The molecule has 0 unspecified atom stereocenters. The SMILES string of the molecule is CCc1cc(CNC(=O)c2cc(C(=O)N[C@H]3CCc4cc(-n5nn[nH]c5=O)ccc43)ncn2)cs1. The molecule has 1 atom stereocenters. The van der Waals surface area contributed by atoms with Crippen molar-refractivity contribution >= 4 is 23.2 Å². The van der Waals surface area contributed by atoms with Gasteiger partial charge < -0.3 is 10.6 Å². The van der Waals surface area contributed by atoms with E-state index in [-0.39, 0.29) is 29.2 Å². The van der Waals surface area contributed by atoms with Crippen molar-refractivity contribution in [3.8, 4) is 5.69 Å². The Morgan fingerprint density at radius 2 is 2.00 bits per heavy atom. The van der Waals surface area contributed by atoms with Gasteiger partial charge in [0.25, 0.3) is 11.8 Å². The van der Waals surface area contributed by atoms with Gasteiger partial charge in [-0.15, -0.1) is 11.3 Å². The standard InChI is InChI=1S/C23H22N8O3S/c1-2-16-7-13(11-35-16)10-24-21(32)19-9-20(26-12-25-19)22(33)27-18-6-3-14-8-15(4-5-17(14)18)31-23(34)28-29-30-31/h4-5,7-9,11-12,18H,2-3,6,10H2,1H3,(H,24,32)(H,27,33)(H,28,30,34)/t18-/m0/s1. The Hall–Kier alpha value is -4.19. The van der Waals surface area contributed by atoms with Gasteiger partial charge in [-0.2, -0.15) is 4.68 Å². The number of H-pyrrole nitrogens is 1. The molecule has 5 rings (SSSR count). The number of tetrazole rings is 1. The van der Waals surface area contributed by atoms with Crippen molar-refractivity contribution in [2.75, 3.05) is 0 Å². The predicted octanol–water partition coefficient (Wildman–Crippen LogP) is 1.72. The fourth-order valence-corrected chi connectivity index (χ4v) is 4.91. The maximum atomic E-state index is 12.9. The monoisotopic (exact) mass is 490 g/mol. The Morgan fingerprint density at radius 3 is 2.74 bits per heavy atom. The number of aromatic nitrogens is 6. The Kier molecular flexibility index (Phi) is 6.19. The van der Waals surface area contributed by atoms with Crippen LogP contribution >= 0.6 is 11.3 Å². The van der Waals surface area contributed by atoms with Crippen LogP contribution in [0.15, 0.2) is 46.8 Å². The fourth-order valence-electron chi connectivity index (χ4n) is 4.07. The van der Waals surface area contributed by atoms with Crippen molar-refractivity contribution < 1.29 is 9.59 Å². The minimum Gasteiger partial charge on any atom is -0.347 e. The molecule has 0 bridgehead atoms. The molecule has 11 nitrogen and oxygen atoms in total. The lowest BCUT2D eigenvalue weighted by Gasteiger charge is -2.14. The van der Waals surface area contributed by atoms with Crippen molar-refractivity contribution in [3.63, 3.8) is 0 Å². The molecule has 3 aromatic heterocycles. The lowest BCUT2D eigenvalue weighted by atomic mass is 10.1. The number of nitrogens with zero attached hydrogens (tertiary/aromatic N) is 5. The molecule has 0 aliphatic heterocycles. The molecule has 1 aromatic carbocycles. The van der Waals surface area contributed by atoms with Crippen LogP contribution in [0.5, 0.6) is 0 Å². The van der Waals surface area contributed by atoms with E-state index < -0.39 is 5.69 Å². The molecule has 3 N–H and O–H groups in total. The van der Waals surface area contributed by atoms with Gasteiger partial charge in [0.15, 0.2) is 0 Å². The van der Waals surface area contributed by atoms with Crippen LogP contribution in [0.3, 0.4) is 0 Å². The van der Waals surface area contributed by atoms with E-state index in [0.29, 0.717) is 18.7 Å². The van der Waals surface area contributed by atoms with Crippen molar-refractivity contribution in [2.24, 2.45) is 0 Å². The number of aryl methyl sites for hydroxylation is 2. The maximum Gasteiger partial charge on any atom is 0.365 e. The van der Waals surface area contributed by atoms with Gasteiger partial charge >= 0.3 is 5.69 Å². The number of hydrogen-bond acceptors (Lipinski definition) is 8. The van der Waals surface area contributed by atoms with Gasteiger partial charge in [0.1, 0.15) is 17.7 Å². The first-order chi connectivity index (χ1) is 17.0. The van der Waals surface area contributed by atoms with E-state index in [1.165, 1.54) is 22.0 Å². The Morgan fingerprint density at radius 1 is 1.17 bits per heavy atom. The number of aromatic amines is 1. The quantitative estimate of drug-likeness (QED) is 0.357. The molecule has 3 heterocycles. The minimum absolute atomic E-state index is 0.119. The average molecular weight is 491 g/mol. The van der Waals surface area contributed by atoms with E-state index in [1.54, 1.807) is 17.4 Å². The zero-order valence-electron chi connectivity index (χ0n) is 18.8. The highest BCUT2D eigenvalue weighted by molar-refractivity contribution is 7.10. The Balaban J connectivity index is 1.25. The van der Waals surface area contributed by atoms with E-state index in [9.17, 15) is 14.4 Å². The number of rotatable bonds is 7. The number of amides is 2. The van der Waals surface area contributed by atoms with Gasteiger partial charge in [-0.25, -0.2) is 19.9 Å². The largest absolute Gasteiger partial charge is 0.365 e. The zero-order chi connectivity index (χ0) is 24.4. The highest BCUT2D eigenvalue weighted by Crippen LogP contribution is 2.32. The maximum absolute atomic E-state index is 12.9. The molecule has 4 aromatic rings. The van der Waals surface area contributed by atoms with Gasteiger partial charge in [0.05, 0.1) is 11.7 Å². The Labute approximate surface area is 203 Å². The lowest BCUT2D eigenvalue weighted by Crippen LogP contribution is -2.29. The number of benzene rings is 1. The van der Waals surface area contributed by atoms with Crippen LogP contribution in [-0.4, -0.2) is 42.0 Å². The fraction of sp³-hybridized carbons (Fsp3) is 0.261. The van der Waals surface area contributed by atoms with Crippen molar-refractivity contribution in [2.45, 2.75) is 38.8 Å². The van der Waals surface area contributed by atoms with Gasteiger partial charge in [-0.1, -0.05) is 13.0 Å². The smallest absolute Gasteiger partial charge is 0.347 e. The number of carbonyl (C=O) groups excluding carboxylic acids is 2. The van der Waals surface area contributed by atoms with Crippen LogP contribution < -0.4 is 16.3 Å². The molecule has 1 aliphatic rings. The normalized spacial score (nSPS) is 14.5. The third-order valence-corrected chi connectivity index (χ3v) is 7.00. The second-order valence-electron chi connectivity index (χ2n) is 8.11. The van der Waals surface area contributed by atoms with Crippen LogP contribution in [0.1, 0.15) is 61.9 Å². The van der Waals surface area contributed by atoms with Crippen LogP contribution in [0, 0.1) is 0 Å². The first kappa shape index (κ1) is 22.6. The molecule has 2 amide bonds. The molecule has 35 heavy (non-hydrogen) atoms. The van der Waals surface area contributed by atoms with Gasteiger partial charge in [0.2, 0.25) is 0 Å². The van der Waals surface area contributed by atoms with Crippen LogP contribution in [0.25, 0.3) is 5.69 Å². The summed E-state index contributed by atoms with van der Waals surface area (Å²) >= 11 is 1.66. The van der Waals surface area contributed by atoms with Crippen LogP contribution in [0.2, 0.25) is 0 Å². The molecule has 0 radical (unpaired) electrons. The van der Waals surface area contributed by atoms with Crippen molar-refractivity contribution in [1.29, 1.82) is 0 Å². The molecule has 12 heteroatoms. The highest BCUT2D eigenvalue weighted by atomic mass is 32.1. The molecule has 0 spiro atoms. The zero-order valence-corrected chi connectivity index (χ0v) is 19.6. The summed E-state index contributed by atoms with van der Waals surface area (Å²) < 4.78 is 1.18. The first-order valence-corrected chi connectivity index (χ1v) is 12.0. The van der Waals surface area contributed by atoms with Crippen LogP contribution in [0.4, 0.5) is 0 Å². The summed E-state index contributed by atoms with van der Waals surface area (Å²) in [6.07, 6.45) is 3.61. The van der Waals surface area contributed by atoms with Crippen molar-refractivity contribution in [3.05, 3.63) is 85.5 Å². The third-order valence-electron chi connectivity index (χ3n) is 5.87. The van der Waals surface area contributed by atoms with E-state index in [1.807, 2.05) is 17.5 Å². The summed E-state index contributed by atoms with van der Waals surface area (Å²) in [5, 5.41) is 17.4. The van der Waals surface area contributed by atoms with Gasteiger partial charge in [-0.3, -0.25) is 9.59 Å². The summed E-state index contributed by atoms with van der Waals surface area (Å²) in [6, 6.07) is 8.75. The number of nitrogens with one attached hydrogen (secondary N) is 3. The summed E-state index contributed by atoms with van der Waals surface area (Å²) in [6.45, 7) is 2.48. The van der Waals surface area contributed by atoms with Gasteiger partial charge in [-0.05, 0) is 70.0 Å².